The first-order valence-electron chi connectivity index (χ1n) is 7.51. The second kappa shape index (κ2) is 7.07. The number of methoxy groups -OCH3 is 1. The second-order valence-electron chi connectivity index (χ2n) is 5.09. The van der Waals surface area contributed by atoms with E-state index in [0.29, 0.717) is 5.76 Å². The van der Waals surface area contributed by atoms with E-state index in [1.165, 1.54) is 18.9 Å². The van der Waals surface area contributed by atoms with Gasteiger partial charge in [-0.2, -0.15) is 0 Å². The van der Waals surface area contributed by atoms with Gasteiger partial charge in [0.25, 0.3) is 0 Å². The number of rotatable bonds is 5. The molecular formula is C18H22N2O2. The van der Waals surface area contributed by atoms with Crippen LogP contribution in [0.15, 0.2) is 47.2 Å². The molecule has 0 aromatic heterocycles. The molecule has 0 N–H and O–H groups in total. The average Bonchev–Trinajstić information content (AvgIpc) is 2.52. The molecule has 0 atom stereocenters. The monoisotopic (exact) mass is 298 g/mol. The average molecular weight is 298 g/mol. The summed E-state index contributed by atoms with van der Waals surface area (Å²) in [4.78, 5) is 18.4. The van der Waals surface area contributed by atoms with Crippen LogP contribution in [0.2, 0.25) is 0 Å². The largest absolute Gasteiger partial charge is 0.493 e. The Morgan fingerprint density at radius 3 is 2.50 bits per heavy atom. The standard InChI is InChI=1S/C18H22N2O2/c1-5-20(6-2)15-8-9-16(13(3)11-15)19-14-7-10-17(21)18(12-14)22-4/h7-12H,5-6H2,1-4H3. The highest BCUT2D eigenvalue weighted by atomic mass is 16.5. The third-order valence-electron chi connectivity index (χ3n) is 3.71. The van der Waals surface area contributed by atoms with Crippen molar-refractivity contribution in [1.82, 2.24) is 0 Å². The van der Waals surface area contributed by atoms with E-state index in [9.17, 15) is 4.79 Å². The van der Waals surface area contributed by atoms with Crippen LogP contribution in [0.1, 0.15) is 19.4 Å². The quantitative estimate of drug-likeness (QED) is 0.780. The third-order valence-corrected chi connectivity index (χ3v) is 3.71. The van der Waals surface area contributed by atoms with Crippen LogP contribution >= 0.6 is 0 Å². The van der Waals surface area contributed by atoms with Gasteiger partial charge in [-0.15, -0.1) is 0 Å². The van der Waals surface area contributed by atoms with E-state index in [2.05, 4.69) is 35.9 Å². The maximum absolute atomic E-state index is 11.5. The molecule has 116 valence electrons. The number of carbonyl (C=O) groups excluding carboxylic acids is 1. The highest BCUT2D eigenvalue weighted by Gasteiger charge is 2.12. The molecule has 0 amide bonds. The zero-order valence-corrected chi connectivity index (χ0v) is 13.6. The van der Waals surface area contributed by atoms with Crippen LogP contribution in [0, 0.1) is 6.92 Å². The van der Waals surface area contributed by atoms with Crippen LogP contribution < -0.4 is 4.90 Å². The van der Waals surface area contributed by atoms with Crippen molar-refractivity contribution in [3.63, 3.8) is 0 Å². The fourth-order valence-corrected chi connectivity index (χ4v) is 2.42. The molecular weight excluding hydrogens is 276 g/mol. The number of allylic oxidation sites excluding steroid dienone is 3. The SMILES string of the molecule is CCN(CC)c1ccc(N=C2C=CC(=O)C(OC)=C2)c(C)c1. The summed E-state index contributed by atoms with van der Waals surface area (Å²) in [6.45, 7) is 8.30. The highest BCUT2D eigenvalue weighted by molar-refractivity contribution is 6.18. The van der Waals surface area contributed by atoms with E-state index in [0.717, 1.165) is 30.1 Å². The number of benzene rings is 1. The Kier molecular flexibility index (Phi) is 5.15. The van der Waals surface area contributed by atoms with Crippen molar-refractivity contribution in [3.8, 4) is 0 Å². The molecule has 0 spiro atoms. The molecule has 0 bridgehead atoms. The Balaban J connectivity index is 2.31. The number of nitrogens with zero attached hydrogens (tertiary/aromatic N) is 2. The Labute approximate surface area is 131 Å². The van der Waals surface area contributed by atoms with E-state index >= 15 is 0 Å². The normalized spacial score (nSPS) is 15.9. The maximum Gasteiger partial charge on any atom is 0.220 e. The molecule has 1 aromatic rings. The maximum atomic E-state index is 11.5. The number of carbonyl (C=O) groups is 1. The van der Waals surface area contributed by atoms with Crippen molar-refractivity contribution >= 4 is 22.9 Å². The minimum Gasteiger partial charge on any atom is -0.493 e. The Bertz CT molecular complexity index is 653. The van der Waals surface area contributed by atoms with Crippen LogP contribution in [-0.4, -0.2) is 31.7 Å². The van der Waals surface area contributed by atoms with Gasteiger partial charge in [-0.25, -0.2) is 4.99 Å². The van der Waals surface area contributed by atoms with Crippen LogP contribution in [0.3, 0.4) is 0 Å². The molecule has 2 rings (SSSR count). The van der Waals surface area contributed by atoms with Crippen molar-refractivity contribution < 1.29 is 9.53 Å². The molecule has 0 saturated carbocycles. The number of ketones is 1. The third kappa shape index (κ3) is 3.45. The summed E-state index contributed by atoms with van der Waals surface area (Å²) < 4.78 is 5.05. The van der Waals surface area contributed by atoms with E-state index in [-0.39, 0.29) is 5.78 Å². The number of aliphatic imine (C=N–C) groups is 1. The molecule has 4 heteroatoms. The molecule has 1 aliphatic rings. The van der Waals surface area contributed by atoms with Gasteiger partial charge in [0.2, 0.25) is 5.78 Å². The molecule has 0 unspecified atom stereocenters. The Morgan fingerprint density at radius 1 is 1.18 bits per heavy atom. The lowest BCUT2D eigenvalue weighted by atomic mass is 10.1. The van der Waals surface area contributed by atoms with Gasteiger partial charge in [-0.05, 0) is 56.7 Å². The lowest BCUT2D eigenvalue weighted by Gasteiger charge is -2.21. The molecule has 0 heterocycles. The van der Waals surface area contributed by atoms with Crippen molar-refractivity contribution in [1.29, 1.82) is 0 Å². The minimum atomic E-state index is -0.130. The van der Waals surface area contributed by atoms with E-state index in [1.54, 1.807) is 12.2 Å². The molecule has 1 aliphatic carbocycles. The zero-order chi connectivity index (χ0) is 16.1. The van der Waals surface area contributed by atoms with E-state index in [1.807, 2.05) is 13.0 Å². The van der Waals surface area contributed by atoms with Crippen LogP contribution in [0.25, 0.3) is 0 Å². The first-order valence-corrected chi connectivity index (χ1v) is 7.51. The summed E-state index contributed by atoms with van der Waals surface area (Å²) in [6, 6.07) is 6.24. The lowest BCUT2D eigenvalue weighted by Crippen LogP contribution is -2.21. The smallest absolute Gasteiger partial charge is 0.220 e. The summed E-state index contributed by atoms with van der Waals surface area (Å²) in [5.74, 6) is 0.189. The molecule has 22 heavy (non-hydrogen) atoms. The summed E-state index contributed by atoms with van der Waals surface area (Å²) in [5, 5.41) is 0. The molecule has 0 aliphatic heterocycles. The van der Waals surface area contributed by atoms with Gasteiger partial charge in [0.1, 0.15) is 0 Å². The number of ether oxygens (including phenoxy) is 1. The van der Waals surface area contributed by atoms with Crippen LogP contribution in [0.4, 0.5) is 11.4 Å². The second-order valence-corrected chi connectivity index (χ2v) is 5.09. The van der Waals surface area contributed by atoms with Crippen molar-refractivity contribution in [2.75, 3.05) is 25.1 Å². The fraction of sp³-hybridized carbons (Fsp3) is 0.333. The topological polar surface area (TPSA) is 41.9 Å². The molecule has 0 fully saturated rings. The number of aryl methyl sites for hydroxylation is 1. The lowest BCUT2D eigenvalue weighted by molar-refractivity contribution is -0.114. The summed E-state index contributed by atoms with van der Waals surface area (Å²) in [7, 11) is 1.49. The summed E-state index contributed by atoms with van der Waals surface area (Å²) in [5.41, 5.74) is 3.93. The highest BCUT2D eigenvalue weighted by Crippen LogP contribution is 2.25. The van der Waals surface area contributed by atoms with Gasteiger partial charge < -0.3 is 9.64 Å². The molecule has 4 nitrogen and oxygen atoms in total. The van der Waals surface area contributed by atoms with Gasteiger partial charge in [0.05, 0.1) is 18.5 Å². The molecule has 0 saturated heterocycles. The van der Waals surface area contributed by atoms with E-state index in [4.69, 9.17) is 4.74 Å². The number of hydrogen-bond donors (Lipinski definition) is 0. The van der Waals surface area contributed by atoms with Crippen molar-refractivity contribution in [2.24, 2.45) is 4.99 Å². The Morgan fingerprint density at radius 2 is 1.91 bits per heavy atom. The van der Waals surface area contributed by atoms with Gasteiger partial charge in [-0.1, -0.05) is 0 Å². The predicted molar refractivity (Wildman–Crippen MR) is 91.1 cm³/mol. The number of anilines is 1. The van der Waals surface area contributed by atoms with Gasteiger partial charge in [-0.3, -0.25) is 4.79 Å². The van der Waals surface area contributed by atoms with Gasteiger partial charge in [0, 0.05) is 24.9 Å². The van der Waals surface area contributed by atoms with Crippen molar-refractivity contribution in [2.45, 2.75) is 20.8 Å². The zero-order valence-electron chi connectivity index (χ0n) is 13.6. The van der Waals surface area contributed by atoms with E-state index < -0.39 is 0 Å². The van der Waals surface area contributed by atoms with Gasteiger partial charge >= 0.3 is 0 Å². The predicted octanol–water partition coefficient (Wildman–Crippen LogP) is 3.58. The first kappa shape index (κ1) is 16.0. The van der Waals surface area contributed by atoms with Crippen molar-refractivity contribution in [3.05, 3.63) is 47.7 Å². The minimum absolute atomic E-state index is 0.130. The summed E-state index contributed by atoms with van der Waals surface area (Å²) >= 11 is 0. The number of hydrogen-bond acceptors (Lipinski definition) is 4. The van der Waals surface area contributed by atoms with Crippen LogP contribution in [-0.2, 0) is 9.53 Å². The first-order chi connectivity index (χ1) is 10.6. The Hall–Kier alpha value is -2.36. The molecule has 0 radical (unpaired) electrons. The molecule has 1 aromatic carbocycles. The fourth-order valence-electron chi connectivity index (χ4n) is 2.42. The van der Waals surface area contributed by atoms with Gasteiger partial charge in [0.15, 0.2) is 5.76 Å². The summed E-state index contributed by atoms with van der Waals surface area (Å²) in [6.07, 6.45) is 4.86. The van der Waals surface area contributed by atoms with Crippen LogP contribution in [0.5, 0.6) is 0 Å².